The van der Waals surface area contributed by atoms with Gasteiger partial charge in [0.05, 0.1) is 34.8 Å². The van der Waals surface area contributed by atoms with Crippen molar-refractivity contribution in [2.24, 2.45) is 0 Å². The second-order valence-electron chi connectivity index (χ2n) is 6.81. The average Bonchev–Trinajstić information content (AvgIpc) is 3.42. The Bertz CT molecular complexity index is 1370. The summed E-state index contributed by atoms with van der Waals surface area (Å²) in [5.74, 6) is 1.01. The number of hydrogen-bond donors (Lipinski definition) is 1. The number of thiophene rings is 1. The fraction of sp³-hybridized carbons (Fsp3) is 0.0833. The SMILES string of the molecule is COc1ccc(/C=C/C(=O)c2cccc(-n3cc(-c4ccc(Cl)s4)[nH]c3=O)c2)cc1OC. The van der Waals surface area contributed by atoms with Crippen molar-refractivity contribution in [2.75, 3.05) is 14.2 Å². The third kappa shape index (κ3) is 4.54. The van der Waals surface area contributed by atoms with Gasteiger partial charge in [-0.1, -0.05) is 35.9 Å². The predicted octanol–water partition coefficient (Wildman–Crippen LogP) is 5.46. The number of carbonyl (C=O) groups is 1. The maximum absolute atomic E-state index is 12.7. The van der Waals surface area contributed by atoms with Gasteiger partial charge in [-0.2, -0.15) is 0 Å². The highest BCUT2D eigenvalue weighted by molar-refractivity contribution is 7.19. The van der Waals surface area contributed by atoms with E-state index in [1.807, 2.05) is 12.1 Å². The summed E-state index contributed by atoms with van der Waals surface area (Å²) >= 11 is 7.38. The molecular formula is C24H19ClN2O4S. The maximum atomic E-state index is 12.7. The van der Waals surface area contributed by atoms with Gasteiger partial charge >= 0.3 is 5.69 Å². The van der Waals surface area contributed by atoms with E-state index in [2.05, 4.69) is 4.98 Å². The number of ketones is 1. The van der Waals surface area contributed by atoms with E-state index in [1.54, 1.807) is 69.0 Å². The van der Waals surface area contributed by atoms with Crippen LogP contribution in [0.25, 0.3) is 22.3 Å². The maximum Gasteiger partial charge on any atom is 0.330 e. The molecule has 0 amide bonds. The van der Waals surface area contributed by atoms with Crippen LogP contribution in [0.5, 0.6) is 11.5 Å². The molecular weight excluding hydrogens is 448 g/mol. The first kappa shape index (κ1) is 21.7. The monoisotopic (exact) mass is 466 g/mol. The quantitative estimate of drug-likeness (QED) is 0.290. The summed E-state index contributed by atoms with van der Waals surface area (Å²) in [4.78, 5) is 28.9. The zero-order valence-electron chi connectivity index (χ0n) is 17.3. The number of ether oxygens (including phenoxy) is 2. The molecule has 2 heterocycles. The fourth-order valence-corrected chi connectivity index (χ4v) is 4.21. The number of nitrogens with zero attached hydrogens (tertiary/aromatic N) is 1. The molecule has 0 unspecified atom stereocenters. The van der Waals surface area contributed by atoms with Crippen molar-refractivity contribution in [2.45, 2.75) is 0 Å². The first-order chi connectivity index (χ1) is 15.5. The lowest BCUT2D eigenvalue weighted by Gasteiger charge is -2.07. The molecule has 2 aromatic carbocycles. The molecule has 0 aliphatic rings. The normalized spacial score (nSPS) is 11.1. The molecule has 6 nitrogen and oxygen atoms in total. The van der Waals surface area contributed by atoms with Gasteiger partial charge in [-0.05, 0) is 48.0 Å². The van der Waals surface area contributed by atoms with Gasteiger partial charge < -0.3 is 14.5 Å². The Labute approximate surface area is 193 Å². The zero-order chi connectivity index (χ0) is 22.7. The molecule has 8 heteroatoms. The van der Waals surface area contributed by atoms with Crippen LogP contribution in [0.1, 0.15) is 15.9 Å². The molecule has 4 rings (SSSR count). The van der Waals surface area contributed by atoms with E-state index < -0.39 is 0 Å². The molecule has 0 spiro atoms. The Kier molecular flexibility index (Phi) is 6.30. The Morgan fingerprint density at radius 3 is 2.59 bits per heavy atom. The third-order valence-electron chi connectivity index (χ3n) is 4.80. The van der Waals surface area contributed by atoms with Gasteiger partial charge in [0.25, 0.3) is 0 Å². The number of halogens is 1. The summed E-state index contributed by atoms with van der Waals surface area (Å²) in [6, 6.07) is 15.9. The molecule has 0 aliphatic heterocycles. The van der Waals surface area contributed by atoms with Crippen LogP contribution in [0.2, 0.25) is 4.34 Å². The highest BCUT2D eigenvalue weighted by atomic mass is 35.5. The van der Waals surface area contributed by atoms with Crippen LogP contribution >= 0.6 is 22.9 Å². The Morgan fingerprint density at radius 2 is 1.88 bits per heavy atom. The largest absolute Gasteiger partial charge is 0.493 e. The molecule has 0 aliphatic carbocycles. The summed E-state index contributed by atoms with van der Waals surface area (Å²) in [6.45, 7) is 0. The van der Waals surface area contributed by atoms with Gasteiger partial charge in [0.1, 0.15) is 0 Å². The Balaban J connectivity index is 1.58. The van der Waals surface area contributed by atoms with Crippen molar-refractivity contribution >= 4 is 34.8 Å². The first-order valence-electron chi connectivity index (χ1n) is 9.61. The number of aromatic nitrogens is 2. The lowest BCUT2D eigenvalue weighted by molar-refractivity contribution is 0.104. The molecule has 0 radical (unpaired) electrons. The van der Waals surface area contributed by atoms with Crippen molar-refractivity contribution in [3.8, 4) is 27.8 Å². The topological polar surface area (TPSA) is 73.3 Å². The van der Waals surface area contributed by atoms with E-state index in [0.29, 0.717) is 32.8 Å². The van der Waals surface area contributed by atoms with Crippen molar-refractivity contribution in [1.29, 1.82) is 0 Å². The summed E-state index contributed by atoms with van der Waals surface area (Å²) < 4.78 is 12.6. The number of rotatable bonds is 7. The Morgan fingerprint density at radius 1 is 1.06 bits per heavy atom. The molecule has 32 heavy (non-hydrogen) atoms. The van der Waals surface area contributed by atoms with Crippen molar-refractivity contribution < 1.29 is 14.3 Å². The number of nitrogens with one attached hydrogen (secondary N) is 1. The summed E-state index contributed by atoms with van der Waals surface area (Å²) in [7, 11) is 3.13. The standard InChI is InChI=1S/C24H19ClN2O4S/c1-30-20-9-7-15(12-21(20)31-2)6-8-19(28)16-4-3-5-17(13-16)27-14-18(26-24(27)29)22-10-11-23(25)32-22/h3-14H,1-2H3,(H,26,29)/b8-6+. The molecule has 162 valence electrons. The second kappa shape index (κ2) is 9.30. The number of hydrogen-bond acceptors (Lipinski definition) is 5. The number of methoxy groups -OCH3 is 2. The van der Waals surface area contributed by atoms with Gasteiger partial charge in [0, 0.05) is 11.8 Å². The van der Waals surface area contributed by atoms with Crippen molar-refractivity contribution in [3.63, 3.8) is 0 Å². The van der Waals surface area contributed by atoms with Gasteiger partial charge in [0.15, 0.2) is 17.3 Å². The average molecular weight is 467 g/mol. The van der Waals surface area contributed by atoms with Crippen LogP contribution in [0, 0.1) is 0 Å². The number of aromatic amines is 1. The molecule has 0 saturated carbocycles. The summed E-state index contributed by atoms with van der Waals surface area (Å²) in [5, 5.41) is 0. The van der Waals surface area contributed by atoms with Crippen molar-refractivity contribution in [1.82, 2.24) is 9.55 Å². The Hall–Kier alpha value is -3.55. The van der Waals surface area contributed by atoms with Gasteiger partial charge in [-0.15, -0.1) is 11.3 Å². The predicted molar refractivity (Wildman–Crippen MR) is 128 cm³/mol. The minimum absolute atomic E-state index is 0.185. The number of benzene rings is 2. The van der Waals surface area contributed by atoms with Gasteiger partial charge in [-0.3, -0.25) is 9.36 Å². The lowest BCUT2D eigenvalue weighted by atomic mass is 10.1. The van der Waals surface area contributed by atoms with E-state index >= 15 is 0 Å². The highest BCUT2D eigenvalue weighted by Gasteiger charge is 2.11. The number of allylic oxidation sites excluding steroid dienone is 1. The molecule has 0 atom stereocenters. The zero-order valence-corrected chi connectivity index (χ0v) is 18.9. The molecule has 0 saturated heterocycles. The lowest BCUT2D eigenvalue weighted by Crippen LogP contribution is -2.14. The molecule has 4 aromatic rings. The minimum Gasteiger partial charge on any atom is -0.493 e. The smallest absolute Gasteiger partial charge is 0.330 e. The van der Waals surface area contributed by atoms with Crippen LogP contribution in [0.4, 0.5) is 0 Å². The third-order valence-corrected chi connectivity index (χ3v) is 6.07. The van der Waals surface area contributed by atoms with E-state index in [-0.39, 0.29) is 11.5 Å². The number of H-pyrrole nitrogens is 1. The molecule has 2 aromatic heterocycles. The highest BCUT2D eigenvalue weighted by Crippen LogP contribution is 2.30. The van der Waals surface area contributed by atoms with Crippen LogP contribution in [-0.2, 0) is 0 Å². The second-order valence-corrected chi connectivity index (χ2v) is 8.52. The minimum atomic E-state index is -0.296. The van der Waals surface area contributed by atoms with E-state index in [9.17, 15) is 9.59 Å². The summed E-state index contributed by atoms with van der Waals surface area (Å²) in [6.07, 6.45) is 4.89. The van der Waals surface area contributed by atoms with Crippen LogP contribution in [0.15, 0.2) is 71.7 Å². The van der Waals surface area contributed by atoms with E-state index in [4.69, 9.17) is 21.1 Å². The number of carbonyl (C=O) groups excluding carboxylic acids is 1. The molecule has 0 fully saturated rings. The first-order valence-corrected chi connectivity index (χ1v) is 10.8. The van der Waals surface area contributed by atoms with E-state index in [0.717, 1.165) is 10.4 Å². The number of imidazole rings is 1. The van der Waals surface area contributed by atoms with Crippen LogP contribution in [0.3, 0.4) is 0 Å². The molecule has 0 bridgehead atoms. The summed E-state index contributed by atoms with van der Waals surface area (Å²) in [5.41, 5.74) is 2.22. The van der Waals surface area contributed by atoms with Crippen LogP contribution in [-0.4, -0.2) is 29.6 Å². The fourth-order valence-electron chi connectivity index (χ4n) is 3.21. The van der Waals surface area contributed by atoms with E-state index in [1.165, 1.54) is 22.0 Å². The van der Waals surface area contributed by atoms with Crippen molar-refractivity contribution in [3.05, 3.63) is 92.8 Å². The van der Waals surface area contributed by atoms with Gasteiger partial charge in [-0.25, -0.2) is 4.79 Å². The van der Waals surface area contributed by atoms with Gasteiger partial charge in [0.2, 0.25) is 0 Å². The van der Waals surface area contributed by atoms with Crippen LogP contribution < -0.4 is 15.2 Å². The molecule has 1 N–H and O–H groups in total.